The highest BCUT2D eigenvalue weighted by Crippen LogP contribution is 2.35. The minimum absolute atomic E-state index is 0.163. The molecule has 33 heavy (non-hydrogen) atoms. The molecule has 1 amide bonds. The molecule has 0 radical (unpaired) electrons. The lowest BCUT2D eigenvalue weighted by molar-refractivity contribution is 0.0984. The first-order valence-corrected chi connectivity index (χ1v) is 11.6. The Morgan fingerprint density at radius 2 is 2.03 bits per heavy atom. The van der Waals surface area contributed by atoms with Crippen LogP contribution in [0.1, 0.15) is 33.8 Å². The molecule has 0 atom stereocenters. The molecular weight excluding hydrogens is 441 g/mol. The van der Waals surface area contributed by atoms with Gasteiger partial charge < -0.3 is 15.1 Å². The second-order valence-corrected chi connectivity index (χ2v) is 8.98. The molecule has 8 nitrogen and oxygen atoms in total. The van der Waals surface area contributed by atoms with Crippen LogP contribution in [0.3, 0.4) is 0 Å². The van der Waals surface area contributed by atoms with Crippen molar-refractivity contribution in [3.8, 4) is 16.8 Å². The number of benzene rings is 1. The van der Waals surface area contributed by atoms with E-state index in [9.17, 15) is 14.4 Å². The first-order chi connectivity index (χ1) is 16.1. The number of anilines is 3. The Morgan fingerprint density at radius 3 is 2.73 bits per heavy atom. The van der Waals surface area contributed by atoms with E-state index in [2.05, 4.69) is 26.3 Å². The summed E-state index contributed by atoms with van der Waals surface area (Å²) in [7, 11) is 1.75. The van der Waals surface area contributed by atoms with Crippen LogP contribution in [0.4, 0.5) is 21.6 Å². The van der Waals surface area contributed by atoms with Gasteiger partial charge in [-0.25, -0.2) is 19.3 Å². The Balaban J connectivity index is 1.39. The smallest absolute Gasteiger partial charge is 0.270 e. The number of nitriles is 1. The number of hydrogen-bond acceptors (Lipinski definition) is 8. The second-order valence-electron chi connectivity index (χ2n) is 7.98. The minimum atomic E-state index is -0.739. The molecule has 3 aromatic rings. The fraction of sp³-hybridized carbons (Fsp3) is 0.348. The zero-order chi connectivity index (χ0) is 22.9. The van der Waals surface area contributed by atoms with Gasteiger partial charge in [0.15, 0.2) is 0 Å². The van der Waals surface area contributed by atoms with Crippen LogP contribution in [0.2, 0.25) is 0 Å². The van der Waals surface area contributed by atoms with Crippen LogP contribution in [0, 0.1) is 11.3 Å². The summed E-state index contributed by atoms with van der Waals surface area (Å²) >= 11 is 1.29. The number of carbonyl (C=O) groups excluding carboxylic acids is 1. The van der Waals surface area contributed by atoms with Gasteiger partial charge >= 0.3 is 0 Å². The van der Waals surface area contributed by atoms with Crippen molar-refractivity contribution in [2.24, 2.45) is 0 Å². The molecule has 0 saturated carbocycles. The molecule has 0 bridgehead atoms. The number of amides is 1. The van der Waals surface area contributed by atoms with E-state index < -0.39 is 6.17 Å². The normalized spacial score (nSPS) is 16.5. The molecule has 1 fully saturated rings. The standard InChI is InChI=1S/C23H22FN7OS/c1-26-16-3-2-4-19(15(16)11-25)31-10-7-17-21(23(31)32)33-22(29-17)18-12-28-20(13-27-18)30-8-5-14(24)6-9-30/h2-4,12-14,26H,5-10H2,1H3. The van der Waals surface area contributed by atoms with Crippen molar-refractivity contribution in [2.45, 2.75) is 25.4 Å². The SMILES string of the molecule is CNc1cccc(N2CCc3nc(-c4cnc(N5CCC(F)CC5)cn4)sc3C2=O)c1C#N. The van der Waals surface area contributed by atoms with Gasteiger partial charge in [-0.05, 0) is 25.0 Å². The number of aromatic nitrogens is 3. The third kappa shape index (κ3) is 3.89. The van der Waals surface area contributed by atoms with Crippen LogP contribution in [0.15, 0.2) is 30.6 Å². The summed E-state index contributed by atoms with van der Waals surface area (Å²) in [6.45, 7) is 1.71. The molecule has 1 saturated heterocycles. The Labute approximate surface area is 194 Å². The number of fused-ring (bicyclic) bond motifs is 1. The predicted octanol–water partition coefficient (Wildman–Crippen LogP) is 3.65. The first-order valence-electron chi connectivity index (χ1n) is 10.8. The monoisotopic (exact) mass is 463 g/mol. The maximum Gasteiger partial charge on any atom is 0.270 e. The predicted molar refractivity (Wildman–Crippen MR) is 126 cm³/mol. The summed E-state index contributed by atoms with van der Waals surface area (Å²) < 4.78 is 13.4. The van der Waals surface area contributed by atoms with Gasteiger partial charge in [0.2, 0.25) is 0 Å². The van der Waals surface area contributed by atoms with Crippen molar-refractivity contribution in [3.63, 3.8) is 0 Å². The molecule has 10 heteroatoms. The molecule has 1 aromatic carbocycles. The van der Waals surface area contributed by atoms with Gasteiger partial charge in [0.05, 0.1) is 35.0 Å². The van der Waals surface area contributed by atoms with Crippen LogP contribution in [0.5, 0.6) is 0 Å². The van der Waals surface area contributed by atoms with Gasteiger partial charge in [-0.15, -0.1) is 11.3 Å². The van der Waals surface area contributed by atoms with Crippen molar-refractivity contribution < 1.29 is 9.18 Å². The summed E-state index contributed by atoms with van der Waals surface area (Å²) in [5, 5.41) is 13.3. The van der Waals surface area contributed by atoms with Crippen molar-refractivity contribution >= 4 is 34.4 Å². The average Bonchev–Trinajstić information content (AvgIpc) is 3.30. The second kappa shape index (κ2) is 8.75. The Morgan fingerprint density at radius 1 is 1.21 bits per heavy atom. The van der Waals surface area contributed by atoms with Gasteiger partial charge in [0.1, 0.15) is 33.6 Å². The molecule has 4 heterocycles. The van der Waals surface area contributed by atoms with Crippen LogP contribution < -0.4 is 15.1 Å². The first kappa shape index (κ1) is 21.3. The number of alkyl halides is 1. The van der Waals surface area contributed by atoms with Gasteiger partial charge in [-0.1, -0.05) is 6.07 Å². The largest absolute Gasteiger partial charge is 0.387 e. The molecule has 168 valence electrons. The van der Waals surface area contributed by atoms with E-state index in [-0.39, 0.29) is 5.91 Å². The highest BCUT2D eigenvalue weighted by atomic mass is 32.1. The molecule has 0 aliphatic carbocycles. The maximum absolute atomic E-state index is 13.4. The summed E-state index contributed by atoms with van der Waals surface area (Å²) in [5.74, 6) is 0.561. The lowest BCUT2D eigenvalue weighted by Gasteiger charge is -2.29. The van der Waals surface area contributed by atoms with E-state index in [4.69, 9.17) is 0 Å². The quantitative estimate of drug-likeness (QED) is 0.631. The van der Waals surface area contributed by atoms with Crippen molar-refractivity contribution in [1.82, 2.24) is 15.0 Å². The average molecular weight is 464 g/mol. The maximum atomic E-state index is 13.4. The third-order valence-corrected chi connectivity index (χ3v) is 7.14. The van der Waals surface area contributed by atoms with Crippen LogP contribution >= 0.6 is 11.3 Å². The molecule has 0 unspecified atom stereocenters. The number of hydrogen-bond donors (Lipinski definition) is 1. The topological polar surface area (TPSA) is 98.0 Å². The van der Waals surface area contributed by atoms with E-state index in [1.54, 1.807) is 30.4 Å². The van der Waals surface area contributed by atoms with Gasteiger partial charge in [-0.3, -0.25) is 4.79 Å². The van der Waals surface area contributed by atoms with E-state index in [1.165, 1.54) is 11.3 Å². The highest BCUT2D eigenvalue weighted by molar-refractivity contribution is 7.17. The van der Waals surface area contributed by atoms with Crippen molar-refractivity contribution in [2.75, 3.05) is 41.8 Å². The fourth-order valence-electron chi connectivity index (χ4n) is 4.23. The number of nitrogens with zero attached hydrogens (tertiary/aromatic N) is 6. The van der Waals surface area contributed by atoms with Gasteiger partial charge in [0, 0.05) is 33.1 Å². The number of piperidine rings is 1. The van der Waals surface area contributed by atoms with E-state index in [0.29, 0.717) is 71.4 Å². The highest BCUT2D eigenvalue weighted by Gasteiger charge is 2.31. The summed E-state index contributed by atoms with van der Waals surface area (Å²) in [4.78, 5) is 31.2. The Kier molecular flexibility index (Phi) is 5.64. The van der Waals surface area contributed by atoms with Crippen molar-refractivity contribution in [3.05, 3.63) is 46.7 Å². The Bertz CT molecular complexity index is 1230. The summed E-state index contributed by atoms with van der Waals surface area (Å²) in [5.41, 5.74) is 3.07. The number of carbonyl (C=O) groups is 1. The molecule has 5 rings (SSSR count). The summed E-state index contributed by atoms with van der Waals surface area (Å²) in [6.07, 6.45) is 4.21. The van der Waals surface area contributed by atoms with E-state index in [1.807, 2.05) is 17.0 Å². The Hall–Kier alpha value is -3.58. The number of rotatable bonds is 4. The third-order valence-electron chi connectivity index (χ3n) is 6.03. The van der Waals surface area contributed by atoms with Crippen LogP contribution in [-0.4, -0.2) is 53.7 Å². The van der Waals surface area contributed by atoms with Crippen LogP contribution in [-0.2, 0) is 6.42 Å². The van der Waals surface area contributed by atoms with Crippen LogP contribution in [0.25, 0.3) is 10.7 Å². The summed E-state index contributed by atoms with van der Waals surface area (Å²) in [6, 6.07) is 7.65. The van der Waals surface area contributed by atoms with Crippen molar-refractivity contribution in [1.29, 1.82) is 5.26 Å². The number of nitrogens with one attached hydrogen (secondary N) is 1. The molecule has 1 N–H and O–H groups in total. The zero-order valence-corrected chi connectivity index (χ0v) is 18.9. The van der Waals surface area contributed by atoms with E-state index in [0.717, 1.165) is 11.5 Å². The zero-order valence-electron chi connectivity index (χ0n) is 18.1. The molecule has 0 spiro atoms. The van der Waals surface area contributed by atoms with Gasteiger partial charge in [-0.2, -0.15) is 5.26 Å². The van der Waals surface area contributed by atoms with Gasteiger partial charge in [0.25, 0.3) is 5.91 Å². The number of halogens is 1. The molecule has 2 aliphatic heterocycles. The molecule has 2 aliphatic rings. The molecule has 2 aromatic heterocycles. The molecular formula is C23H22FN7OS. The number of thiazole rings is 1. The lowest BCUT2D eigenvalue weighted by Crippen LogP contribution is -2.37. The lowest BCUT2D eigenvalue weighted by atomic mass is 10.1. The van der Waals surface area contributed by atoms with E-state index >= 15 is 0 Å². The fourth-order valence-corrected chi connectivity index (χ4v) is 5.25. The minimum Gasteiger partial charge on any atom is -0.387 e.